The number of rotatable bonds is 7. The Morgan fingerprint density at radius 2 is 1.83 bits per heavy atom. The van der Waals surface area contributed by atoms with Gasteiger partial charge in [-0.25, -0.2) is 4.79 Å². The average molecular weight is 410 g/mol. The van der Waals surface area contributed by atoms with Crippen molar-refractivity contribution in [3.8, 4) is 5.75 Å². The topological polar surface area (TPSA) is 121 Å². The molecule has 0 radical (unpaired) electrons. The van der Waals surface area contributed by atoms with Gasteiger partial charge < -0.3 is 24.9 Å². The van der Waals surface area contributed by atoms with Gasteiger partial charge in [0.05, 0.1) is 6.61 Å². The summed E-state index contributed by atoms with van der Waals surface area (Å²) in [6.07, 6.45) is -1.07. The lowest BCUT2D eigenvalue weighted by Gasteiger charge is -2.13. The Balaban J connectivity index is 1.69. The van der Waals surface area contributed by atoms with E-state index in [0.29, 0.717) is 34.8 Å². The van der Waals surface area contributed by atoms with Crippen LogP contribution >= 0.6 is 0 Å². The highest BCUT2D eigenvalue weighted by atomic mass is 16.6. The van der Waals surface area contributed by atoms with Gasteiger partial charge >= 0.3 is 5.97 Å². The van der Waals surface area contributed by atoms with Crippen molar-refractivity contribution in [2.24, 2.45) is 5.73 Å². The lowest BCUT2D eigenvalue weighted by atomic mass is 10.1. The molecule has 0 aliphatic rings. The van der Waals surface area contributed by atoms with E-state index in [4.69, 9.17) is 19.6 Å². The second-order valence-electron chi connectivity index (χ2n) is 6.63. The minimum absolute atomic E-state index is 0.0316. The summed E-state index contributed by atoms with van der Waals surface area (Å²) in [6.45, 7) is 5.60. The highest BCUT2D eigenvalue weighted by molar-refractivity contribution is 6.00. The number of hydrogen-bond donors (Lipinski definition) is 2. The van der Waals surface area contributed by atoms with Crippen molar-refractivity contribution >= 4 is 34.4 Å². The van der Waals surface area contributed by atoms with Crippen LogP contribution in [0.4, 0.5) is 5.69 Å². The van der Waals surface area contributed by atoms with Crippen LogP contribution in [-0.2, 0) is 9.53 Å². The van der Waals surface area contributed by atoms with E-state index in [1.54, 1.807) is 25.1 Å². The van der Waals surface area contributed by atoms with Crippen LogP contribution in [0.3, 0.4) is 0 Å². The first-order valence-electron chi connectivity index (χ1n) is 9.37. The van der Waals surface area contributed by atoms with Crippen LogP contribution in [0.25, 0.3) is 11.0 Å². The van der Waals surface area contributed by atoms with Gasteiger partial charge in [0.2, 0.25) is 11.7 Å². The monoisotopic (exact) mass is 410 g/mol. The fraction of sp³-hybridized carbons (Fsp3) is 0.227. The van der Waals surface area contributed by atoms with Gasteiger partial charge in [-0.2, -0.15) is 0 Å². The zero-order valence-electron chi connectivity index (χ0n) is 16.9. The molecular formula is C22H22N2O6. The third-order valence-electron chi connectivity index (χ3n) is 4.49. The number of fused-ring (bicyclic) bond motifs is 1. The zero-order valence-corrected chi connectivity index (χ0v) is 16.9. The second kappa shape index (κ2) is 8.69. The first-order chi connectivity index (χ1) is 14.3. The SMILES string of the molecule is CCOc1ccc2oc(C(=O)O[C@@H](C)C(=O)Nc3ccc(C(N)=O)cc3)c(C)c2c1. The molecule has 30 heavy (non-hydrogen) atoms. The molecule has 156 valence electrons. The number of nitrogens with one attached hydrogen (secondary N) is 1. The van der Waals surface area contributed by atoms with Gasteiger partial charge in [-0.05, 0) is 63.2 Å². The molecule has 8 nitrogen and oxygen atoms in total. The summed E-state index contributed by atoms with van der Waals surface area (Å²) < 4.78 is 16.4. The number of carbonyl (C=O) groups is 3. The third kappa shape index (κ3) is 4.43. The van der Waals surface area contributed by atoms with Gasteiger partial charge in [0.15, 0.2) is 6.10 Å². The minimum atomic E-state index is -1.07. The molecule has 0 fully saturated rings. The van der Waals surface area contributed by atoms with Crippen LogP contribution in [0.1, 0.15) is 40.3 Å². The summed E-state index contributed by atoms with van der Waals surface area (Å²) in [7, 11) is 0. The van der Waals surface area contributed by atoms with Gasteiger partial charge in [0.25, 0.3) is 5.91 Å². The molecule has 1 heterocycles. The largest absolute Gasteiger partial charge is 0.494 e. The molecule has 3 N–H and O–H groups in total. The highest BCUT2D eigenvalue weighted by Gasteiger charge is 2.24. The normalized spacial score (nSPS) is 11.7. The number of primary amides is 1. The van der Waals surface area contributed by atoms with Crippen molar-refractivity contribution < 1.29 is 28.3 Å². The van der Waals surface area contributed by atoms with E-state index in [2.05, 4.69) is 5.32 Å². The van der Waals surface area contributed by atoms with E-state index in [-0.39, 0.29) is 5.76 Å². The van der Waals surface area contributed by atoms with Crippen molar-refractivity contribution in [1.82, 2.24) is 0 Å². The van der Waals surface area contributed by atoms with Crippen LogP contribution in [0.5, 0.6) is 5.75 Å². The molecular weight excluding hydrogens is 388 g/mol. The molecule has 0 aliphatic carbocycles. The first-order valence-corrected chi connectivity index (χ1v) is 9.37. The molecule has 1 atom stereocenters. The van der Waals surface area contributed by atoms with E-state index >= 15 is 0 Å². The van der Waals surface area contributed by atoms with Gasteiger partial charge in [-0.3, -0.25) is 9.59 Å². The second-order valence-corrected chi connectivity index (χ2v) is 6.63. The maximum Gasteiger partial charge on any atom is 0.375 e. The van der Waals surface area contributed by atoms with Gasteiger partial charge in [-0.15, -0.1) is 0 Å². The van der Waals surface area contributed by atoms with Gasteiger partial charge in [0.1, 0.15) is 11.3 Å². The Morgan fingerprint density at radius 1 is 1.13 bits per heavy atom. The van der Waals surface area contributed by atoms with E-state index in [0.717, 1.165) is 5.39 Å². The maximum atomic E-state index is 12.6. The number of aryl methyl sites for hydroxylation is 1. The molecule has 3 aromatic rings. The van der Waals surface area contributed by atoms with Crippen LogP contribution in [0, 0.1) is 6.92 Å². The fourth-order valence-corrected chi connectivity index (χ4v) is 2.88. The molecule has 0 saturated heterocycles. The number of ether oxygens (including phenoxy) is 2. The highest BCUT2D eigenvalue weighted by Crippen LogP contribution is 2.29. The molecule has 3 rings (SSSR count). The lowest BCUT2D eigenvalue weighted by Crippen LogP contribution is -2.30. The number of esters is 1. The van der Waals surface area contributed by atoms with Crippen molar-refractivity contribution in [3.63, 3.8) is 0 Å². The zero-order chi connectivity index (χ0) is 21.8. The molecule has 1 aromatic heterocycles. The Hall–Kier alpha value is -3.81. The quantitative estimate of drug-likeness (QED) is 0.576. The number of benzene rings is 2. The number of amides is 2. The van der Waals surface area contributed by atoms with Crippen LogP contribution in [0.2, 0.25) is 0 Å². The van der Waals surface area contributed by atoms with E-state index in [1.165, 1.54) is 31.2 Å². The van der Waals surface area contributed by atoms with Gasteiger partial charge in [0, 0.05) is 22.2 Å². The first kappa shape index (κ1) is 20.9. The molecule has 8 heteroatoms. The summed E-state index contributed by atoms with van der Waals surface area (Å²) >= 11 is 0. The summed E-state index contributed by atoms with van der Waals surface area (Å²) in [5.74, 6) is -1.13. The predicted octanol–water partition coefficient (Wildman–Crippen LogP) is 3.42. The fourth-order valence-electron chi connectivity index (χ4n) is 2.88. The smallest absolute Gasteiger partial charge is 0.375 e. The van der Waals surface area contributed by atoms with Crippen molar-refractivity contribution in [2.75, 3.05) is 11.9 Å². The molecule has 0 unspecified atom stereocenters. The Morgan fingerprint density at radius 3 is 2.47 bits per heavy atom. The average Bonchev–Trinajstić information content (AvgIpc) is 3.05. The number of hydrogen-bond acceptors (Lipinski definition) is 6. The number of anilines is 1. The summed E-state index contributed by atoms with van der Waals surface area (Å²) in [4.78, 5) is 36.0. The van der Waals surface area contributed by atoms with Gasteiger partial charge in [-0.1, -0.05) is 0 Å². The third-order valence-corrected chi connectivity index (χ3v) is 4.49. The van der Waals surface area contributed by atoms with Crippen molar-refractivity contribution in [2.45, 2.75) is 26.9 Å². The number of carbonyl (C=O) groups excluding carboxylic acids is 3. The molecule has 0 spiro atoms. The molecule has 0 aliphatic heterocycles. The molecule has 2 amide bonds. The molecule has 2 aromatic carbocycles. The Kier molecular flexibility index (Phi) is 6.06. The standard InChI is InChI=1S/C22H22N2O6/c1-4-28-16-9-10-18-17(11-16)12(2)19(30-18)22(27)29-13(3)21(26)24-15-7-5-14(6-8-15)20(23)25/h5-11,13H,4H2,1-3H3,(H2,23,25)(H,24,26)/t13-/m0/s1. The Bertz CT molecular complexity index is 1100. The lowest BCUT2D eigenvalue weighted by molar-refractivity contribution is -0.123. The molecule has 0 bridgehead atoms. The van der Waals surface area contributed by atoms with E-state index in [9.17, 15) is 14.4 Å². The summed E-state index contributed by atoms with van der Waals surface area (Å²) in [5.41, 5.74) is 7.07. The summed E-state index contributed by atoms with van der Waals surface area (Å²) in [5, 5.41) is 3.35. The number of furan rings is 1. The summed E-state index contributed by atoms with van der Waals surface area (Å²) in [6, 6.07) is 11.3. The van der Waals surface area contributed by atoms with Crippen LogP contribution < -0.4 is 15.8 Å². The van der Waals surface area contributed by atoms with E-state index < -0.39 is 23.9 Å². The van der Waals surface area contributed by atoms with Crippen molar-refractivity contribution in [1.29, 1.82) is 0 Å². The maximum absolute atomic E-state index is 12.6. The number of nitrogens with two attached hydrogens (primary N) is 1. The minimum Gasteiger partial charge on any atom is -0.494 e. The predicted molar refractivity (Wildman–Crippen MR) is 111 cm³/mol. The Labute approximate surface area is 172 Å². The molecule has 0 saturated carbocycles. The van der Waals surface area contributed by atoms with Crippen molar-refractivity contribution in [3.05, 3.63) is 59.4 Å². The van der Waals surface area contributed by atoms with E-state index in [1.807, 2.05) is 6.92 Å². The van der Waals surface area contributed by atoms with Crippen LogP contribution in [-0.4, -0.2) is 30.5 Å². The van der Waals surface area contributed by atoms with Crippen LogP contribution in [0.15, 0.2) is 46.9 Å².